The smallest absolute Gasteiger partial charge is 0.323 e. The molecule has 0 bridgehead atoms. The van der Waals surface area contributed by atoms with Crippen LogP contribution >= 0.6 is 0 Å². The number of carbonyl (C=O) groups is 1. The lowest BCUT2D eigenvalue weighted by Crippen LogP contribution is -2.43. The van der Waals surface area contributed by atoms with Gasteiger partial charge < -0.3 is 9.80 Å². The van der Waals surface area contributed by atoms with E-state index >= 15 is 0 Å². The van der Waals surface area contributed by atoms with E-state index in [0.717, 1.165) is 51.6 Å². The number of aromatic nitrogens is 1. The van der Waals surface area contributed by atoms with Gasteiger partial charge in [0.1, 0.15) is 11.6 Å². The van der Waals surface area contributed by atoms with Gasteiger partial charge in [-0.1, -0.05) is 18.2 Å². The standard InChI is InChI=1S/C20H23FN4O/c21-17-5-6-19(22-13-17)23-20(26)24-10-7-15(8-11-24)14-25-12-9-16-3-1-2-4-18(16)25/h1-6,13,15H,7-12,14H2,(H,22,23,26). The lowest BCUT2D eigenvalue weighted by Gasteiger charge is -2.34. The molecule has 3 heterocycles. The van der Waals surface area contributed by atoms with Crippen molar-refractivity contribution in [3.63, 3.8) is 0 Å². The van der Waals surface area contributed by atoms with E-state index in [1.807, 2.05) is 4.90 Å². The molecule has 1 fully saturated rings. The fourth-order valence-electron chi connectivity index (χ4n) is 3.86. The van der Waals surface area contributed by atoms with Crippen molar-refractivity contribution in [2.75, 3.05) is 36.4 Å². The van der Waals surface area contributed by atoms with E-state index in [0.29, 0.717) is 11.7 Å². The number of anilines is 2. The average molecular weight is 354 g/mol. The molecule has 1 saturated heterocycles. The Labute approximate surface area is 152 Å². The summed E-state index contributed by atoms with van der Waals surface area (Å²) >= 11 is 0. The second kappa shape index (κ2) is 7.32. The van der Waals surface area contributed by atoms with Gasteiger partial charge in [-0.25, -0.2) is 14.2 Å². The third kappa shape index (κ3) is 3.64. The number of amides is 2. The Morgan fingerprint density at radius 3 is 2.73 bits per heavy atom. The fourth-order valence-corrected chi connectivity index (χ4v) is 3.86. The molecule has 136 valence electrons. The minimum absolute atomic E-state index is 0.158. The number of nitrogens with one attached hydrogen (secondary N) is 1. The predicted octanol–water partition coefficient (Wildman–Crippen LogP) is 3.53. The van der Waals surface area contributed by atoms with E-state index in [2.05, 4.69) is 39.5 Å². The monoisotopic (exact) mass is 354 g/mol. The van der Waals surface area contributed by atoms with Gasteiger partial charge in [0.25, 0.3) is 0 Å². The van der Waals surface area contributed by atoms with E-state index < -0.39 is 5.82 Å². The largest absolute Gasteiger partial charge is 0.371 e. The van der Waals surface area contributed by atoms with Gasteiger partial charge in [-0.15, -0.1) is 0 Å². The highest BCUT2D eigenvalue weighted by Crippen LogP contribution is 2.30. The number of hydrogen-bond donors (Lipinski definition) is 1. The molecule has 1 N–H and O–H groups in total. The van der Waals surface area contributed by atoms with E-state index in [1.54, 1.807) is 0 Å². The van der Waals surface area contributed by atoms with Crippen LogP contribution in [0.5, 0.6) is 0 Å². The molecule has 2 aromatic rings. The first-order valence-electron chi connectivity index (χ1n) is 9.19. The Bertz CT molecular complexity index is 772. The molecule has 0 unspecified atom stereocenters. The van der Waals surface area contributed by atoms with Crippen molar-refractivity contribution in [1.29, 1.82) is 0 Å². The highest BCUT2D eigenvalue weighted by Gasteiger charge is 2.26. The van der Waals surface area contributed by atoms with Crippen LogP contribution in [0.4, 0.5) is 20.7 Å². The van der Waals surface area contributed by atoms with Crippen LogP contribution in [-0.2, 0) is 6.42 Å². The summed E-state index contributed by atoms with van der Waals surface area (Å²) in [5, 5.41) is 2.74. The summed E-state index contributed by atoms with van der Waals surface area (Å²) in [5.74, 6) is 0.577. The Balaban J connectivity index is 1.28. The predicted molar refractivity (Wildman–Crippen MR) is 99.9 cm³/mol. The van der Waals surface area contributed by atoms with Gasteiger partial charge in [-0.05, 0) is 48.9 Å². The Morgan fingerprint density at radius 2 is 1.96 bits per heavy atom. The first-order chi connectivity index (χ1) is 12.7. The summed E-state index contributed by atoms with van der Waals surface area (Å²) < 4.78 is 12.9. The Morgan fingerprint density at radius 1 is 1.15 bits per heavy atom. The number of carbonyl (C=O) groups excluding carboxylic acids is 1. The highest BCUT2D eigenvalue weighted by atomic mass is 19.1. The molecule has 1 aromatic carbocycles. The SMILES string of the molecule is O=C(Nc1ccc(F)cn1)N1CCC(CN2CCc3ccccc32)CC1. The minimum Gasteiger partial charge on any atom is -0.371 e. The summed E-state index contributed by atoms with van der Waals surface area (Å²) in [4.78, 5) is 20.5. The summed E-state index contributed by atoms with van der Waals surface area (Å²) in [5.41, 5.74) is 2.81. The molecule has 2 aliphatic rings. The number of piperidine rings is 1. The zero-order chi connectivity index (χ0) is 17.9. The molecule has 5 nitrogen and oxygen atoms in total. The van der Waals surface area contributed by atoms with E-state index in [9.17, 15) is 9.18 Å². The number of pyridine rings is 1. The van der Waals surface area contributed by atoms with Gasteiger partial charge in [0.2, 0.25) is 0 Å². The van der Waals surface area contributed by atoms with Gasteiger partial charge in [-0.2, -0.15) is 0 Å². The number of hydrogen-bond acceptors (Lipinski definition) is 3. The summed E-state index contributed by atoms with van der Waals surface area (Å²) in [6.07, 6.45) is 4.24. The summed E-state index contributed by atoms with van der Waals surface area (Å²) in [6, 6.07) is 11.2. The fraction of sp³-hybridized carbons (Fsp3) is 0.400. The van der Waals surface area contributed by atoms with Gasteiger partial charge in [0, 0.05) is 31.9 Å². The second-order valence-corrected chi connectivity index (χ2v) is 7.05. The summed E-state index contributed by atoms with van der Waals surface area (Å²) in [6.45, 7) is 3.64. The molecule has 6 heteroatoms. The Kier molecular flexibility index (Phi) is 4.73. The van der Waals surface area contributed by atoms with Crippen molar-refractivity contribution in [3.8, 4) is 0 Å². The molecule has 4 rings (SSSR count). The molecular weight excluding hydrogens is 331 g/mol. The van der Waals surface area contributed by atoms with Crippen LogP contribution in [0.15, 0.2) is 42.6 Å². The van der Waals surface area contributed by atoms with Gasteiger partial charge in [0.05, 0.1) is 6.20 Å². The maximum absolute atomic E-state index is 12.9. The first-order valence-corrected chi connectivity index (χ1v) is 9.19. The maximum Gasteiger partial charge on any atom is 0.323 e. The molecule has 0 atom stereocenters. The van der Waals surface area contributed by atoms with Gasteiger partial charge >= 0.3 is 6.03 Å². The van der Waals surface area contributed by atoms with E-state index in [-0.39, 0.29) is 6.03 Å². The number of fused-ring (bicyclic) bond motifs is 1. The number of benzene rings is 1. The van der Waals surface area contributed by atoms with Crippen molar-refractivity contribution in [2.45, 2.75) is 19.3 Å². The van der Waals surface area contributed by atoms with E-state index in [1.165, 1.54) is 23.4 Å². The van der Waals surface area contributed by atoms with Crippen molar-refractivity contribution in [2.24, 2.45) is 5.92 Å². The summed E-state index contributed by atoms with van der Waals surface area (Å²) in [7, 11) is 0. The molecule has 1 aromatic heterocycles. The van der Waals surface area contributed by atoms with Gasteiger partial charge in [0.15, 0.2) is 0 Å². The minimum atomic E-state index is -0.410. The molecule has 2 amide bonds. The maximum atomic E-state index is 12.9. The van der Waals surface area contributed by atoms with Crippen molar-refractivity contribution in [3.05, 3.63) is 54.0 Å². The van der Waals surface area contributed by atoms with Crippen LogP contribution < -0.4 is 10.2 Å². The lowest BCUT2D eigenvalue weighted by molar-refractivity contribution is 0.183. The molecule has 0 aliphatic carbocycles. The number of halogens is 1. The molecule has 26 heavy (non-hydrogen) atoms. The zero-order valence-electron chi connectivity index (χ0n) is 14.7. The quantitative estimate of drug-likeness (QED) is 0.917. The Hall–Kier alpha value is -2.63. The topological polar surface area (TPSA) is 48.5 Å². The first kappa shape index (κ1) is 16.8. The highest BCUT2D eigenvalue weighted by molar-refractivity contribution is 5.88. The van der Waals surface area contributed by atoms with Crippen LogP contribution in [0.3, 0.4) is 0 Å². The van der Waals surface area contributed by atoms with Crippen molar-refractivity contribution >= 4 is 17.5 Å². The van der Waals surface area contributed by atoms with Crippen LogP contribution in [-0.4, -0.2) is 42.1 Å². The molecule has 0 saturated carbocycles. The van der Waals surface area contributed by atoms with Crippen LogP contribution in [0, 0.1) is 11.7 Å². The third-order valence-electron chi connectivity index (χ3n) is 5.33. The molecule has 2 aliphatic heterocycles. The number of rotatable bonds is 3. The van der Waals surface area contributed by atoms with Crippen molar-refractivity contribution in [1.82, 2.24) is 9.88 Å². The average Bonchev–Trinajstić information content (AvgIpc) is 3.07. The number of para-hydroxylation sites is 1. The van der Waals surface area contributed by atoms with E-state index in [4.69, 9.17) is 0 Å². The molecule has 0 spiro atoms. The zero-order valence-corrected chi connectivity index (χ0v) is 14.7. The number of urea groups is 1. The van der Waals surface area contributed by atoms with Crippen molar-refractivity contribution < 1.29 is 9.18 Å². The van der Waals surface area contributed by atoms with Gasteiger partial charge in [-0.3, -0.25) is 5.32 Å². The van der Waals surface area contributed by atoms with Crippen LogP contribution in [0.2, 0.25) is 0 Å². The normalized spacial score (nSPS) is 17.3. The third-order valence-corrected chi connectivity index (χ3v) is 5.33. The van der Waals surface area contributed by atoms with Crippen LogP contribution in [0.1, 0.15) is 18.4 Å². The second-order valence-electron chi connectivity index (χ2n) is 7.05. The number of likely N-dealkylation sites (tertiary alicyclic amines) is 1. The number of nitrogens with zero attached hydrogens (tertiary/aromatic N) is 3. The molecule has 0 radical (unpaired) electrons. The molecular formula is C20H23FN4O. The van der Waals surface area contributed by atoms with Crippen LogP contribution in [0.25, 0.3) is 0 Å². The lowest BCUT2D eigenvalue weighted by atomic mass is 9.96.